The second-order valence-electron chi connectivity index (χ2n) is 15.1. The number of phenols is 1. The van der Waals surface area contributed by atoms with Gasteiger partial charge in [-0.1, -0.05) is 32.8 Å². The van der Waals surface area contributed by atoms with E-state index in [2.05, 4.69) is 36.3 Å². The first-order chi connectivity index (χ1) is 31.1. The SMILES string of the molecule is CC.O=C(NPOCC1CCC(N2C=NC3C(=O)NC=NC32)O1)C1CCCN1.O=C(O)c1cc(NC(=S)NCCCCCCO)ccc1-c1c2ccc(=O)cc-2oc2cc(O)ccc12. The van der Waals surface area contributed by atoms with E-state index in [1.54, 1.807) is 30.6 Å². The number of rotatable bonds is 15. The smallest absolute Gasteiger partial charge is 0.336 e. The van der Waals surface area contributed by atoms with E-state index >= 15 is 0 Å². The van der Waals surface area contributed by atoms with Crippen molar-refractivity contribution in [2.45, 2.75) is 95.8 Å². The van der Waals surface area contributed by atoms with Crippen molar-refractivity contribution in [3.63, 3.8) is 0 Å². The quantitative estimate of drug-likeness (QED) is 0.0342. The maximum absolute atomic E-state index is 12.3. The zero-order valence-corrected chi connectivity index (χ0v) is 37.5. The molecule has 6 aliphatic rings. The van der Waals surface area contributed by atoms with Gasteiger partial charge in [-0.15, -0.1) is 0 Å². The first kappa shape index (κ1) is 47.9. The van der Waals surface area contributed by atoms with Crippen LogP contribution in [0.5, 0.6) is 5.75 Å². The van der Waals surface area contributed by atoms with Crippen molar-refractivity contribution in [1.82, 2.24) is 25.9 Å². The highest BCUT2D eigenvalue weighted by Gasteiger charge is 2.43. The van der Waals surface area contributed by atoms with Crippen molar-refractivity contribution >= 4 is 73.4 Å². The van der Waals surface area contributed by atoms with E-state index in [1.165, 1.54) is 36.7 Å². The van der Waals surface area contributed by atoms with Crippen LogP contribution in [0.3, 0.4) is 0 Å². The van der Waals surface area contributed by atoms with Crippen LogP contribution in [0.25, 0.3) is 33.4 Å². The predicted octanol–water partition coefficient (Wildman–Crippen LogP) is 4.92. The molecule has 2 fully saturated rings. The first-order valence-electron chi connectivity index (χ1n) is 21.5. The lowest BCUT2D eigenvalue weighted by Gasteiger charge is -2.30. The Bertz CT molecular complexity index is 2360. The Morgan fingerprint density at radius 2 is 1.81 bits per heavy atom. The van der Waals surface area contributed by atoms with Crippen molar-refractivity contribution in [2.75, 3.05) is 31.6 Å². The summed E-state index contributed by atoms with van der Waals surface area (Å²) < 4.78 is 17.5. The number of fused-ring (bicyclic) bond motifs is 3. The summed E-state index contributed by atoms with van der Waals surface area (Å²) in [7, 11) is -0.0738. The molecule has 0 aromatic heterocycles. The molecule has 6 atom stereocenters. The van der Waals surface area contributed by atoms with Crippen LogP contribution in [0.15, 0.2) is 73.8 Å². The van der Waals surface area contributed by atoms with Crippen LogP contribution in [-0.2, 0) is 18.8 Å². The van der Waals surface area contributed by atoms with Crippen molar-refractivity contribution in [2.24, 2.45) is 9.98 Å². The monoisotopic (exact) mass is 918 g/mol. The summed E-state index contributed by atoms with van der Waals surface area (Å²) in [4.78, 5) is 58.4. The summed E-state index contributed by atoms with van der Waals surface area (Å²) in [5, 5.41) is 44.5. The van der Waals surface area contributed by atoms with E-state index in [-0.39, 0.29) is 68.7 Å². The molecule has 2 aromatic rings. The number of nitrogens with one attached hydrogen (secondary N) is 5. The second kappa shape index (κ2) is 23.4. The lowest BCUT2D eigenvalue weighted by Crippen LogP contribution is -2.50. The van der Waals surface area contributed by atoms with Crippen LogP contribution in [0.1, 0.15) is 75.6 Å². The third-order valence-electron chi connectivity index (χ3n) is 10.8. The molecule has 5 aliphatic heterocycles. The van der Waals surface area contributed by atoms with Crippen LogP contribution in [0, 0.1) is 0 Å². The molecule has 18 nitrogen and oxygen atoms in total. The summed E-state index contributed by atoms with van der Waals surface area (Å²) in [6, 6.07) is 13.3. The van der Waals surface area contributed by atoms with Crippen LogP contribution in [0.2, 0.25) is 0 Å². The van der Waals surface area contributed by atoms with Crippen molar-refractivity contribution in [3.8, 4) is 28.2 Å². The molecule has 20 heteroatoms. The topological polar surface area (TPSA) is 249 Å². The number of carboxylic acids is 1. The standard InChI is InChI=1S/C27H26N2O6S.C15H23N6O4P.C2H6/c30-12-4-2-1-3-11-28-27(36)29-16-5-8-19(22(13-16)26(33)34)25-20-9-6-17(31)14-23(20)35-24-15-18(32)7-10-21(24)25;22-14(10-2-1-5-16-10)20-26-24-6-9-3-4-11(25-9)21-8-19-12-13(21)17-7-18-15(12)23;1-2/h5-10,13-15,30-31H,1-4,11-12H2,(H,33,34)(H2,28,29,36);7-13,16,26H,1-6H2,(H,20,22)(H,17,18,23);1-2H3. The van der Waals surface area contributed by atoms with Crippen molar-refractivity contribution < 1.29 is 43.4 Å². The van der Waals surface area contributed by atoms with Crippen LogP contribution < -0.4 is 31.8 Å². The minimum Gasteiger partial charge on any atom is -0.508 e. The number of unbranched alkanes of at least 4 members (excludes halogenated alkanes) is 3. The number of aliphatic imine (C=N–C) groups is 2. The number of nitrogens with zero attached hydrogens (tertiary/aromatic N) is 3. The number of hydrogen-bond acceptors (Lipinski definition) is 14. The van der Waals surface area contributed by atoms with Gasteiger partial charge in [0.15, 0.2) is 22.7 Å². The molecule has 8 N–H and O–H groups in total. The van der Waals surface area contributed by atoms with Gasteiger partial charge in [-0.3, -0.25) is 19.4 Å². The van der Waals surface area contributed by atoms with Gasteiger partial charge >= 0.3 is 5.97 Å². The lowest BCUT2D eigenvalue weighted by atomic mass is 9.90. The van der Waals surface area contributed by atoms with Gasteiger partial charge in [0, 0.05) is 47.5 Å². The fourth-order valence-electron chi connectivity index (χ4n) is 7.71. The molecular formula is C44H55N8O10PS. The zero-order valence-electron chi connectivity index (χ0n) is 35.7. The molecule has 0 saturated carbocycles. The van der Waals surface area contributed by atoms with Gasteiger partial charge in [-0.2, -0.15) is 0 Å². The lowest BCUT2D eigenvalue weighted by molar-refractivity contribution is -0.123. The van der Waals surface area contributed by atoms with Gasteiger partial charge in [0.2, 0.25) is 5.91 Å². The van der Waals surface area contributed by atoms with E-state index in [0.29, 0.717) is 57.4 Å². The Balaban J connectivity index is 0.000000214. The average molecular weight is 919 g/mol. The van der Waals surface area contributed by atoms with E-state index < -0.39 is 12.0 Å². The number of ether oxygens (including phenoxy) is 1. The van der Waals surface area contributed by atoms with Gasteiger partial charge < -0.3 is 60.3 Å². The number of aromatic hydroxyl groups is 1. The number of aliphatic hydroxyl groups excluding tert-OH is 1. The maximum atomic E-state index is 12.3. The largest absolute Gasteiger partial charge is 0.508 e. The average Bonchev–Trinajstić information content (AvgIpc) is 4.09. The Kier molecular flexibility index (Phi) is 17.5. The molecule has 2 amide bonds. The molecule has 2 saturated heterocycles. The van der Waals surface area contributed by atoms with Gasteiger partial charge in [-0.25, -0.2) is 9.79 Å². The molecule has 0 radical (unpaired) electrons. The molecule has 5 heterocycles. The van der Waals surface area contributed by atoms with E-state index in [0.717, 1.165) is 57.9 Å². The van der Waals surface area contributed by atoms with Crippen LogP contribution in [-0.4, -0.2) is 113 Å². The third kappa shape index (κ3) is 12.2. The molecule has 6 unspecified atom stereocenters. The molecular weight excluding hydrogens is 864 g/mol. The number of carbonyl (C=O) groups is 3. The molecule has 342 valence electrons. The number of thiocarbonyl (C=S) groups is 1. The van der Waals surface area contributed by atoms with Gasteiger partial charge in [0.1, 0.15) is 32.3 Å². The van der Waals surface area contributed by atoms with Gasteiger partial charge in [-0.05, 0) is 99.2 Å². The van der Waals surface area contributed by atoms with Gasteiger partial charge in [0.05, 0.1) is 37.0 Å². The molecule has 0 bridgehead atoms. The number of phenolic OH excluding ortho intramolecular Hbond substituents is 1. The normalized spacial score (nSPS) is 21.0. The maximum Gasteiger partial charge on any atom is 0.336 e. The molecule has 8 rings (SSSR count). The van der Waals surface area contributed by atoms with Crippen molar-refractivity contribution in [3.05, 3.63) is 70.4 Å². The minimum absolute atomic E-state index is 0.00110. The number of anilines is 1. The first-order valence-corrected chi connectivity index (χ1v) is 22.8. The fourth-order valence-corrected chi connectivity index (χ4v) is 8.54. The molecule has 1 aliphatic carbocycles. The number of carbonyl (C=O) groups excluding carboxylic acids is 2. The third-order valence-corrected chi connectivity index (χ3v) is 11.7. The zero-order chi connectivity index (χ0) is 45.6. The Hall–Kier alpha value is -5.56. The van der Waals surface area contributed by atoms with E-state index in [1.807, 2.05) is 18.7 Å². The highest BCUT2D eigenvalue weighted by molar-refractivity contribution is 7.80. The Labute approximate surface area is 377 Å². The number of benzene rings is 3. The number of carboxylic acid groups (broad SMARTS) is 1. The van der Waals surface area contributed by atoms with Crippen molar-refractivity contribution in [1.29, 1.82) is 0 Å². The molecule has 2 aromatic carbocycles. The highest BCUT2D eigenvalue weighted by atomic mass is 32.1. The predicted molar refractivity (Wildman–Crippen MR) is 250 cm³/mol. The summed E-state index contributed by atoms with van der Waals surface area (Å²) in [6.07, 6.45) is 9.75. The number of hydrogen-bond donors (Lipinski definition) is 8. The van der Waals surface area contributed by atoms with Gasteiger partial charge in [0.25, 0.3) is 5.91 Å². The van der Waals surface area contributed by atoms with E-state index in [4.69, 9.17) is 31.0 Å². The fraction of sp³-hybridized carbons (Fsp3) is 0.432. The summed E-state index contributed by atoms with van der Waals surface area (Å²) in [5.74, 6) is -0.993. The summed E-state index contributed by atoms with van der Waals surface area (Å²) >= 11 is 5.35. The second-order valence-corrected chi connectivity index (χ2v) is 16.2. The minimum atomic E-state index is -1.13. The Morgan fingerprint density at radius 3 is 2.59 bits per heavy atom. The number of aliphatic hydroxyl groups is 1. The highest BCUT2D eigenvalue weighted by Crippen LogP contribution is 2.42. The van der Waals surface area contributed by atoms with Crippen LogP contribution in [0.4, 0.5) is 5.69 Å². The molecule has 64 heavy (non-hydrogen) atoms. The summed E-state index contributed by atoms with van der Waals surface area (Å²) in [6.45, 7) is 6.19. The number of aromatic carboxylic acids is 1. The van der Waals surface area contributed by atoms with E-state index in [9.17, 15) is 29.4 Å². The Morgan fingerprint density at radius 1 is 1.00 bits per heavy atom. The van der Waals surface area contributed by atoms with Crippen LogP contribution >= 0.6 is 21.2 Å². The summed E-state index contributed by atoms with van der Waals surface area (Å²) in [5.41, 5.74) is 2.23. The number of amides is 2. The molecule has 0 spiro atoms.